The van der Waals surface area contributed by atoms with Crippen molar-refractivity contribution in [3.63, 3.8) is 0 Å². The van der Waals surface area contributed by atoms with Gasteiger partial charge in [0.25, 0.3) is 11.7 Å². The van der Waals surface area contributed by atoms with Crippen LogP contribution in [-0.4, -0.2) is 86.2 Å². The van der Waals surface area contributed by atoms with Crippen molar-refractivity contribution in [1.29, 1.82) is 0 Å². The number of ether oxygens (including phenoxy) is 4. The zero-order valence-electron chi connectivity index (χ0n) is 36.6. The van der Waals surface area contributed by atoms with Gasteiger partial charge in [-0.1, -0.05) is 64.1 Å². The highest BCUT2D eigenvalue weighted by Crippen LogP contribution is 2.55. The summed E-state index contributed by atoms with van der Waals surface area (Å²) in [5.74, 6) is -8.51. The van der Waals surface area contributed by atoms with E-state index in [1.54, 1.807) is 46.8 Å². The molecule has 0 saturated carbocycles. The van der Waals surface area contributed by atoms with E-state index >= 15 is 0 Å². The quantitative estimate of drug-likeness (QED) is 0.0427. The van der Waals surface area contributed by atoms with Crippen molar-refractivity contribution in [3.05, 3.63) is 89.2 Å². The number of anilines is 2. The van der Waals surface area contributed by atoms with Crippen LogP contribution in [0.15, 0.2) is 77.6 Å². The van der Waals surface area contributed by atoms with Gasteiger partial charge in [0.2, 0.25) is 0 Å². The number of rotatable bonds is 6. The predicted molar refractivity (Wildman–Crippen MR) is 236 cm³/mol. The first-order valence-corrected chi connectivity index (χ1v) is 20.3. The van der Waals surface area contributed by atoms with Crippen molar-refractivity contribution in [1.82, 2.24) is 0 Å². The Hall–Kier alpha value is -6.16. The standard InChI is InChI=1S/C47H57N3O12/c1-23-15-14-16-24(2)46(58)48-37-32(20-19-25(3)49-50-31-17-12-11-13-18-31)41(55)34-35(42(37)56)40(54)29(7)44-36(34)45(57)47(9,62-44)60-22-21-33(59-10)26(4)43(61-30(8)51)28(6)39(53)27(5)38(23)52/h11-23,26-28,33,38-39,43,50,52-56H,1-10H3,(H,48,58)/b15-14+,20-19+,22-21+,24-16+,49-25+. The molecule has 0 aromatic heterocycles. The second-order valence-electron chi connectivity index (χ2n) is 16.2. The van der Waals surface area contributed by atoms with Crippen LogP contribution in [-0.2, 0) is 23.8 Å². The van der Waals surface area contributed by atoms with Crippen LogP contribution in [0.3, 0.4) is 0 Å². The molecule has 3 aliphatic rings. The number of esters is 1. The normalized spacial score (nSPS) is 29.4. The summed E-state index contributed by atoms with van der Waals surface area (Å²) in [5.41, 5.74) is 3.66. The number of fused-ring (bicyclic) bond motifs is 14. The fourth-order valence-electron chi connectivity index (χ4n) is 7.82. The summed E-state index contributed by atoms with van der Waals surface area (Å²) < 4.78 is 23.6. The van der Waals surface area contributed by atoms with Gasteiger partial charge in [-0.15, -0.1) is 0 Å². The Morgan fingerprint density at radius 3 is 2.24 bits per heavy atom. The van der Waals surface area contributed by atoms with E-state index in [0.29, 0.717) is 11.4 Å². The zero-order valence-corrected chi connectivity index (χ0v) is 36.6. The molecule has 9 unspecified atom stereocenters. The first kappa shape index (κ1) is 46.9. The van der Waals surface area contributed by atoms with Gasteiger partial charge < -0.3 is 49.8 Å². The summed E-state index contributed by atoms with van der Waals surface area (Å²) in [5, 5.41) is 65.0. The largest absolute Gasteiger partial charge is 0.507 e. The molecule has 15 heteroatoms. The van der Waals surface area contributed by atoms with E-state index in [1.807, 2.05) is 30.3 Å². The number of allylic oxidation sites excluding steroid dienone is 3. The molecule has 3 aliphatic heterocycles. The molecule has 3 aromatic rings. The number of para-hydroxylation sites is 1. The minimum atomic E-state index is -2.06. The van der Waals surface area contributed by atoms with E-state index < -0.39 is 88.8 Å². The summed E-state index contributed by atoms with van der Waals surface area (Å²) in [7, 11) is 1.43. The number of hydrogen-bond acceptors (Lipinski definition) is 14. The number of aromatic hydroxyl groups is 3. The number of methoxy groups -OCH3 is 1. The monoisotopic (exact) mass is 855 g/mol. The highest BCUT2D eigenvalue weighted by Gasteiger charge is 2.50. The van der Waals surface area contributed by atoms with Crippen LogP contribution in [0.1, 0.15) is 76.9 Å². The molecular weight excluding hydrogens is 799 g/mol. The smallest absolute Gasteiger partial charge is 0.312 e. The van der Waals surface area contributed by atoms with Gasteiger partial charge in [-0.05, 0) is 51.1 Å². The van der Waals surface area contributed by atoms with Crippen LogP contribution in [0.25, 0.3) is 16.8 Å². The molecule has 15 nitrogen and oxygen atoms in total. The topological polar surface area (TPSA) is 226 Å². The van der Waals surface area contributed by atoms with Crippen LogP contribution >= 0.6 is 0 Å². The number of ketones is 1. The van der Waals surface area contributed by atoms with Crippen molar-refractivity contribution in [3.8, 4) is 23.0 Å². The maximum absolute atomic E-state index is 14.5. The maximum Gasteiger partial charge on any atom is 0.312 e. The highest BCUT2D eigenvalue weighted by atomic mass is 16.7. The van der Waals surface area contributed by atoms with E-state index in [0.717, 1.165) is 0 Å². The lowest BCUT2D eigenvalue weighted by Gasteiger charge is -2.38. The Morgan fingerprint density at radius 1 is 0.919 bits per heavy atom. The third kappa shape index (κ3) is 9.49. The molecule has 7 N–H and O–H groups in total. The number of Topliss-reactive ketones (excluding diaryl/α,β-unsaturated/α-hetero) is 1. The van der Waals surface area contributed by atoms with Gasteiger partial charge in [0.15, 0.2) is 5.75 Å². The summed E-state index contributed by atoms with van der Waals surface area (Å²) >= 11 is 0. The number of hydrogen-bond donors (Lipinski definition) is 7. The number of amides is 1. The Kier molecular flexibility index (Phi) is 14.6. The fraction of sp³-hybridized carbons (Fsp3) is 0.404. The molecular formula is C47H57N3O12. The lowest BCUT2D eigenvalue weighted by Crippen LogP contribution is -2.46. The molecule has 0 spiro atoms. The van der Waals surface area contributed by atoms with Crippen LogP contribution in [0.5, 0.6) is 23.0 Å². The fourth-order valence-corrected chi connectivity index (χ4v) is 7.82. The molecule has 6 rings (SSSR count). The van der Waals surface area contributed by atoms with Crippen molar-refractivity contribution >= 4 is 51.6 Å². The third-order valence-electron chi connectivity index (χ3n) is 11.7. The van der Waals surface area contributed by atoms with Crippen molar-refractivity contribution in [2.24, 2.45) is 28.8 Å². The minimum Gasteiger partial charge on any atom is -0.507 e. The number of carbonyl (C=O) groups is 3. The summed E-state index contributed by atoms with van der Waals surface area (Å²) in [6.45, 7) is 14.2. The number of nitrogens with one attached hydrogen (secondary N) is 2. The van der Waals surface area contributed by atoms with E-state index in [4.69, 9.17) is 18.9 Å². The molecule has 62 heavy (non-hydrogen) atoms. The number of phenolic OH excluding ortho intramolecular Hbond substituents is 3. The highest BCUT2D eigenvalue weighted by molar-refractivity contribution is 6.23. The van der Waals surface area contributed by atoms with Crippen LogP contribution < -0.4 is 15.5 Å². The summed E-state index contributed by atoms with van der Waals surface area (Å²) in [4.78, 5) is 40.6. The second-order valence-corrected chi connectivity index (χ2v) is 16.2. The van der Waals surface area contributed by atoms with Crippen LogP contribution in [0.4, 0.5) is 11.4 Å². The molecule has 9 atom stereocenters. The molecule has 332 valence electrons. The lowest BCUT2D eigenvalue weighted by atomic mass is 9.78. The van der Waals surface area contributed by atoms with Crippen LogP contribution in [0, 0.1) is 30.6 Å². The molecule has 1 amide bonds. The Balaban J connectivity index is 1.71. The van der Waals surface area contributed by atoms with Crippen LogP contribution in [0.2, 0.25) is 0 Å². The van der Waals surface area contributed by atoms with E-state index in [9.17, 15) is 39.9 Å². The molecule has 0 radical (unpaired) electrons. The van der Waals surface area contributed by atoms with Gasteiger partial charge in [0.05, 0.1) is 52.6 Å². The number of aliphatic hydroxyl groups is 2. The van der Waals surface area contributed by atoms with Gasteiger partial charge in [0, 0.05) is 66.7 Å². The predicted octanol–water partition coefficient (Wildman–Crippen LogP) is 7.26. The average molecular weight is 856 g/mol. The third-order valence-corrected chi connectivity index (χ3v) is 11.7. The first-order chi connectivity index (χ1) is 29.2. The molecule has 0 fully saturated rings. The molecule has 0 saturated heterocycles. The summed E-state index contributed by atoms with van der Waals surface area (Å²) in [6.07, 6.45) is 6.40. The van der Waals surface area contributed by atoms with E-state index in [1.165, 1.54) is 65.4 Å². The number of aliphatic hydroxyl groups excluding tert-OH is 2. The Labute approximate surface area is 361 Å². The Bertz CT molecular complexity index is 2350. The maximum atomic E-state index is 14.5. The zero-order chi connectivity index (χ0) is 45.8. The second kappa shape index (κ2) is 19.3. The van der Waals surface area contributed by atoms with Gasteiger partial charge >= 0.3 is 11.8 Å². The van der Waals surface area contributed by atoms with Gasteiger partial charge in [-0.3, -0.25) is 19.8 Å². The first-order valence-electron chi connectivity index (χ1n) is 20.3. The molecule has 0 aliphatic carbocycles. The number of nitrogens with zero attached hydrogens (tertiary/aromatic N) is 1. The lowest BCUT2D eigenvalue weighted by molar-refractivity contribution is -0.160. The average Bonchev–Trinajstić information content (AvgIpc) is 3.51. The molecule has 3 heterocycles. The van der Waals surface area contributed by atoms with Crippen molar-refractivity contribution in [2.75, 3.05) is 17.9 Å². The number of carbonyl (C=O) groups excluding carboxylic acids is 3. The van der Waals surface area contributed by atoms with Gasteiger partial charge in [0.1, 0.15) is 23.4 Å². The SMILES string of the molecule is COC1/C=C/OC2(C)Oc3c(C)c(O)c4c(O)c(c(/C=C/C(C)=N/Nc5ccccc5)c(O)c4c3C2=O)NC(=O)/C(C)=C/C=C/C(C)C(O)C(C)C(O)C(C)C(OC(C)=O)C1C. The minimum absolute atomic E-state index is 0.0415. The van der Waals surface area contributed by atoms with Crippen molar-refractivity contribution in [2.45, 2.75) is 92.5 Å². The van der Waals surface area contributed by atoms with Gasteiger partial charge in [-0.2, -0.15) is 5.10 Å². The number of benzene rings is 3. The molecule has 3 aromatic carbocycles. The van der Waals surface area contributed by atoms with E-state index in [2.05, 4.69) is 15.8 Å². The van der Waals surface area contributed by atoms with Crippen molar-refractivity contribution < 1.29 is 58.9 Å². The van der Waals surface area contributed by atoms with Gasteiger partial charge in [-0.25, -0.2) is 0 Å². The number of phenols is 3. The molecule has 5 bridgehead atoms. The summed E-state index contributed by atoms with van der Waals surface area (Å²) in [6, 6.07) is 9.16. The van der Waals surface area contributed by atoms with E-state index in [-0.39, 0.29) is 44.5 Å². The number of hydrazone groups is 1. The Morgan fingerprint density at radius 2 is 1.60 bits per heavy atom.